The van der Waals surface area contributed by atoms with E-state index in [9.17, 15) is 0 Å². The predicted octanol–water partition coefficient (Wildman–Crippen LogP) is 5.69. The van der Waals surface area contributed by atoms with Crippen molar-refractivity contribution in [3.05, 3.63) is 65.6 Å². The molecule has 0 fully saturated rings. The van der Waals surface area contributed by atoms with Crippen molar-refractivity contribution in [2.24, 2.45) is 0 Å². The number of hydrogen-bond acceptors (Lipinski definition) is 2. The first-order chi connectivity index (χ1) is 11.2. The van der Waals surface area contributed by atoms with Crippen molar-refractivity contribution in [2.45, 2.75) is 45.1 Å². The van der Waals surface area contributed by atoms with E-state index in [1.807, 2.05) is 6.26 Å². The molecule has 0 amide bonds. The molecule has 1 unspecified atom stereocenters. The lowest BCUT2D eigenvalue weighted by Gasteiger charge is -2.24. The number of benzene rings is 2. The maximum absolute atomic E-state index is 6.01. The Morgan fingerprint density at radius 3 is 2.65 bits per heavy atom. The van der Waals surface area contributed by atoms with Crippen molar-refractivity contribution in [1.82, 2.24) is 0 Å². The van der Waals surface area contributed by atoms with Crippen LogP contribution in [0.25, 0.3) is 10.8 Å². The number of rotatable bonds is 3. The summed E-state index contributed by atoms with van der Waals surface area (Å²) in [6.07, 6.45) is 5.44. The molecule has 0 saturated heterocycles. The summed E-state index contributed by atoms with van der Waals surface area (Å²) >= 11 is 0. The highest BCUT2D eigenvalue weighted by atomic mass is 16.5. The fraction of sp³-hybridized carbons (Fsp3) is 0.333. The first kappa shape index (κ1) is 14.4. The number of fused-ring (bicyclic) bond motifs is 2. The highest BCUT2D eigenvalue weighted by Crippen LogP contribution is 2.41. The molecule has 1 heterocycles. The third-order valence-corrected chi connectivity index (χ3v) is 4.71. The summed E-state index contributed by atoms with van der Waals surface area (Å²) in [4.78, 5) is 0. The van der Waals surface area contributed by atoms with Crippen LogP contribution < -0.4 is 4.74 Å². The lowest BCUT2D eigenvalue weighted by atomic mass is 9.80. The molecular formula is C21H22O2. The quantitative estimate of drug-likeness (QED) is 0.620. The van der Waals surface area contributed by atoms with Crippen molar-refractivity contribution in [3.63, 3.8) is 0 Å². The summed E-state index contributed by atoms with van der Waals surface area (Å²) in [5.41, 5.74) is 2.75. The minimum Gasteiger partial charge on any atom is -0.490 e. The molecule has 2 heteroatoms. The van der Waals surface area contributed by atoms with Gasteiger partial charge in [-0.05, 0) is 49.8 Å². The molecule has 0 spiro atoms. The van der Waals surface area contributed by atoms with Gasteiger partial charge in [0.2, 0.25) is 0 Å². The molecule has 0 saturated carbocycles. The fourth-order valence-corrected chi connectivity index (χ4v) is 3.76. The lowest BCUT2D eigenvalue weighted by molar-refractivity contribution is 0.245. The molecule has 2 aromatic carbocycles. The van der Waals surface area contributed by atoms with Gasteiger partial charge in [0.15, 0.2) is 0 Å². The number of furan rings is 1. The van der Waals surface area contributed by atoms with Gasteiger partial charge < -0.3 is 9.15 Å². The summed E-state index contributed by atoms with van der Waals surface area (Å²) in [6.45, 7) is 4.14. The van der Waals surface area contributed by atoms with E-state index < -0.39 is 0 Å². The normalized spacial score (nSPS) is 17.4. The van der Waals surface area contributed by atoms with Crippen LogP contribution in [-0.2, 0) is 6.42 Å². The lowest BCUT2D eigenvalue weighted by Crippen LogP contribution is -2.10. The Balaban J connectivity index is 1.87. The van der Waals surface area contributed by atoms with E-state index in [-0.39, 0.29) is 6.10 Å². The van der Waals surface area contributed by atoms with Gasteiger partial charge in [-0.1, -0.05) is 30.3 Å². The van der Waals surface area contributed by atoms with Gasteiger partial charge in [-0.15, -0.1) is 0 Å². The standard InChI is InChI=1S/C21H22O2/c1-14(2)23-21-11-10-17(15-6-3-4-7-18(15)21)16-8-5-9-20-19(16)12-13-22-20/h3-4,6-7,10-14,16H,5,8-9H2,1-2H3. The van der Waals surface area contributed by atoms with Crippen molar-refractivity contribution >= 4 is 10.8 Å². The fourth-order valence-electron chi connectivity index (χ4n) is 3.76. The predicted molar refractivity (Wildman–Crippen MR) is 93.2 cm³/mol. The van der Waals surface area contributed by atoms with Gasteiger partial charge in [-0.2, -0.15) is 0 Å². The molecule has 0 bridgehead atoms. The van der Waals surface area contributed by atoms with Crippen molar-refractivity contribution in [3.8, 4) is 5.75 Å². The second kappa shape index (κ2) is 5.77. The van der Waals surface area contributed by atoms with Gasteiger partial charge in [-0.25, -0.2) is 0 Å². The summed E-state index contributed by atoms with van der Waals surface area (Å²) in [7, 11) is 0. The molecule has 0 N–H and O–H groups in total. The average Bonchev–Trinajstić information content (AvgIpc) is 3.03. The summed E-state index contributed by atoms with van der Waals surface area (Å²) in [6, 6.07) is 15.1. The second-order valence-corrected chi connectivity index (χ2v) is 6.61. The Kier molecular flexibility index (Phi) is 3.60. The van der Waals surface area contributed by atoms with E-state index in [2.05, 4.69) is 56.3 Å². The molecule has 118 valence electrons. The molecule has 2 nitrogen and oxygen atoms in total. The third kappa shape index (κ3) is 2.52. The zero-order valence-corrected chi connectivity index (χ0v) is 13.7. The Hall–Kier alpha value is -2.22. The molecule has 0 aliphatic heterocycles. The third-order valence-electron chi connectivity index (χ3n) is 4.71. The maximum atomic E-state index is 6.01. The number of hydrogen-bond donors (Lipinski definition) is 0. The molecule has 23 heavy (non-hydrogen) atoms. The molecule has 1 aliphatic carbocycles. The van der Waals surface area contributed by atoms with Crippen LogP contribution >= 0.6 is 0 Å². The Morgan fingerprint density at radius 1 is 1.00 bits per heavy atom. The first-order valence-electron chi connectivity index (χ1n) is 8.48. The number of ether oxygens (including phenoxy) is 1. The maximum Gasteiger partial charge on any atom is 0.127 e. The largest absolute Gasteiger partial charge is 0.490 e. The van der Waals surface area contributed by atoms with Gasteiger partial charge in [0.25, 0.3) is 0 Å². The minimum absolute atomic E-state index is 0.180. The Morgan fingerprint density at radius 2 is 1.83 bits per heavy atom. The van der Waals surface area contributed by atoms with Gasteiger partial charge in [-0.3, -0.25) is 0 Å². The van der Waals surface area contributed by atoms with Crippen LogP contribution in [0.5, 0.6) is 5.75 Å². The van der Waals surface area contributed by atoms with E-state index in [1.165, 1.54) is 34.7 Å². The molecule has 0 radical (unpaired) electrons. The van der Waals surface area contributed by atoms with E-state index in [4.69, 9.17) is 9.15 Å². The van der Waals surface area contributed by atoms with Gasteiger partial charge in [0.1, 0.15) is 11.5 Å². The highest BCUT2D eigenvalue weighted by Gasteiger charge is 2.25. The van der Waals surface area contributed by atoms with Crippen LogP contribution in [0.4, 0.5) is 0 Å². The second-order valence-electron chi connectivity index (χ2n) is 6.61. The topological polar surface area (TPSA) is 22.4 Å². The highest BCUT2D eigenvalue weighted by molar-refractivity contribution is 5.91. The Bertz CT molecular complexity index is 829. The van der Waals surface area contributed by atoms with Crippen LogP contribution in [0.3, 0.4) is 0 Å². The summed E-state index contributed by atoms with van der Waals surface area (Å²) < 4.78 is 11.7. The minimum atomic E-state index is 0.180. The summed E-state index contributed by atoms with van der Waals surface area (Å²) in [5.74, 6) is 2.56. The van der Waals surface area contributed by atoms with Crippen LogP contribution in [0.15, 0.2) is 53.1 Å². The molecule has 4 rings (SSSR count). The molecular weight excluding hydrogens is 284 g/mol. The zero-order valence-electron chi connectivity index (χ0n) is 13.7. The first-order valence-corrected chi connectivity index (χ1v) is 8.48. The van der Waals surface area contributed by atoms with Crippen LogP contribution in [0, 0.1) is 0 Å². The molecule has 1 aliphatic rings. The van der Waals surface area contributed by atoms with E-state index in [0.717, 1.165) is 17.9 Å². The van der Waals surface area contributed by atoms with Gasteiger partial charge in [0, 0.05) is 23.3 Å². The average molecular weight is 306 g/mol. The smallest absolute Gasteiger partial charge is 0.127 e. The molecule has 1 aromatic heterocycles. The van der Waals surface area contributed by atoms with E-state index in [1.54, 1.807) is 0 Å². The van der Waals surface area contributed by atoms with Crippen LogP contribution in [0.2, 0.25) is 0 Å². The van der Waals surface area contributed by atoms with Crippen molar-refractivity contribution < 1.29 is 9.15 Å². The molecule has 1 atom stereocenters. The monoisotopic (exact) mass is 306 g/mol. The van der Waals surface area contributed by atoms with Crippen molar-refractivity contribution in [1.29, 1.82) is 0 Å². The van der Waals surface area contributed by atoms with Crippen molar-refractivity contribution in [2.75, 3.05) is 0 Å². The zero-order chi connectivity index (χ0) is 15.8. The molecule has 3 aromatic rings. The van der Waals surface area contributed by atoms with Gasteiger partial charge in [0.05, 0.1) is 12.4 Å². The van der Waals surface area contributed by atoms with Crippen LogP contribution in [0.1, 0.15) is 49.5 Å². The van der Waals surface area contributed by atoms with E-state index >= 15 is 0 Å². The van der Waals surface area contributed by atoms with Gasteiger partial charge >= 0.3 is 0 Å². The Labute approximate surface area is 137 Å². The summed E-state index contributed by atoms with van der Waals surface area (Å²) in [5, 5.41) is 2.50. The van der Waals surface area contributed by atoms with Crippen LogP contribution in [-0.4, -0.2) is 6.10 Å². The SMILES string of the molecule is CC(C)Oc1ccc(C2CCCc3occc32)c2ccccc12. The number of aryl methyl sites for hydroxylation is 1. The van der Waals surface area contributed by atoms with E-state index in [0.29, 0.717) is 5.92 Å².